The van der Waals surface area contributed by atoms with E-state index in [-0.39, 0.29) is 25.5 Å². The number of carbonyl (C=O) groups is 2. The molecule has 0 bridgehead atoms. The average Bonchev–Trinajstić information content (AvgIpc) is 2.46. The van der Waals surface area contributed by atoms with E-state index < -0.39 is 6.09 Å². The fourth-order valence-electron chi connectivity index (χ4n) is 1.55. The maximum Gasteiger partial charge on any atom is 0.407 e. The molecule has 0 heterocycles. The summed E-state index contributed by atoms with van der Waals surface area (Å²) >= 11 is 0. The van der Waals surface area contributed by atoms with Crippen molar-refractivity contribution in [3.05, 3.63) is 35.9 Å². The maximum atomic E-state index is 11.4. The van der Waals surface area contributed by atoms with Gasteiger partial charge in [0.05, 0.1) is 0 Å². The third kappa shape index (κ3) is 7.41. The van der Waals surface area contributed by atoms with Crippen molar-refractivity contribution < 1.29 is 14.3 Å². The molecule has 0 spiro atoms. The normalized spacial score (nSPS) is 9.85. The van der Waals surface area contributed by atoms with Crippen molar-refractivity contribution in [2.75, 3.05) is 13.1 Å². The van der Waals surface area contributed by atoms with Crippen LogP contribution in [-0.2, 0) is 16.1 Å². The van der Waals surface area contributed by atoms with Crippen LogP contribution < -0.4 is 10.6 Å². The lowest BCUT2D eigenvalue weighted by molar-refractivity contribution is -0.120. The van der Waals surface area contributed by atoms with Gasteiger partial charge in [-0.25, -0.2) is 4.79 Å². The molecule has 0 fully saturated rings. The second-order valence-corrected chi connectivity index (χ2v) is 4.44. The number of rotatable bonds is 8. The molecule has 0 saturated carbocycles. The maximum absolute atomic E-state index is 11.4. The van der Waals surface area contributed by atoms with E-state index >= 15 is 0 Å². The van der Waals surface area contributed by atoms with Gasteiger partial charge in [0.2, 0.25) is 5.91 Å². The van der Waals surface area contributed by atoms with E-state index in [4.69, 9.17) is 4.74 Å². The van der Waals surface area contributed by atoms with Gasteiger partial charge >= 0.3 is 6.09 Å². The Labute approximate surface area is 119 Å². The third-order valence-corrected chi connectivity index (χ3v) is 2.69. The van der Waals surface area contributed by atoms with Gasteiger partial charge in [-0.1, -0.05) is 43.7 Å². The smallest absolute Gasteiger partial charge is 0.407 e. The second-order valence-electron chi connectivity index (χ2n) is 4.44. The molecule has 0 aliphatic heterocycles. The number of ether oxygens (including phenoxy) is 1. The summed E-state index contributed by atoms with van der Waals surface area (Å²) in [4.78, 5) is 22.8. The summed E-state index contributed by atoms with van der Waals surface area (Å²) in [5.74, 6) is -0.0539. The van der Waals surface area contributed by atoms with Gasteiger partial charge in [0.25, 0.3) is 0 Å². The SMILES string of the molecule is CCCCNC(=O)CCNC(=O)OCc1ccccc1. The zero-order valence-corrected chi connectivity index (χ0v) is 11.9. The molecule has 5 heteroatoms. The molecule has 110 valence electrons. The van der Waals surface area contributed by atoms with Crippen LogP contribution in [0.1, 0.15) is 31.7 Å². The van der Waals surface area contributed by atoms with Crippen LogP contribution in [0.5, 0.6) is 0 Å². The summed E-state index contributed by atoms with van der Waals surface area (Å²) in [6, 6.07) is 9.44. The molecule has 0 atom stereocenters. The summed E-state index contributed by atoms with van der Waals surface area (Å²) in [5, 5.41) is 5.34. The molecule has 20 heavy (non-hydrogen) atoms. The largest absolute Gasteiger partial charge is 0.445 e. The minimum absolute atomic E-state index is 0.0539. The summed E-state index contributed by atoms with van der Waals surface area (Å²) in [6.45, 7) is 3.27. The number of carbonyl (C=O) groups excluding carboxylic acids is 2. The zero-order valence-electron chi connectivity index (χ0n) is 11.9. The van der Waals surface area contributed by atoms with Crippen LogP contribution in [-0.4, -0.2) is 25.1 Å². The lowest BCUT2D eigenvalue weighted by Crippen LogP contribution is -2.31. The Morgan fingerprint density at radius 1 is 1.10 bits per heavy atom. The van der Waals surface area contributed by atoms with Crippen LogP contribution in [0.15, 0.2) is 30.3 Å². The predicted molar refractivity (Wildman–Crippen MR) is 77.2 cm³/mol. The Bertz CT molecular complexity index is 407. The Kier molecular flexibility index (Phi) is 7.87. The predicted octanol–water partition coefficient (Wildman–Crippen LogP) is 2.22. The number of hydrogen-bond donors (Lipinski definition) is 2. The van der Waals surface area contributed by atoms with E-state index in [9.17, 15) is 9.59 Å². The molecule has 0 unspecified atom stereocenters. The van der Waals surface area contributed by atoms with E-state index in [1.54, 1.807) is 0 Å². The van der Waals surface area contributed by atoms with Crippen molar-refractivity contribution in [1.29, 1.82) is 0 Å². The molecule has 0 radical (unpaired) electrons. The summed E-state index contributed by atoms with van der Waals surface area (Å²) in [5.41, 5.74) is 0.931. The molecule has 0 aromatic heterocycles. The molecule has 5 nitrogen and oxygen atoms in total. The van der Waals surface area contributed by atoms with Crippen LogP contribution in [0.3, 0.4) is 0 Å². The van der Waals surface area contributed by atoms with Gasteiger partial charge in [0, 0.05) is 19.5 Å². The van der Waals surface area contributed by atoms with Crippen molar-refractivity contribution in [3.8, 4) is 0 Å². The van der Waals surface area contributed by atoms with Crippen molar-refractivity contribution in [1.82, 2.24) is 10.6 Å². The van der Waals surface area contributed by atoms with Crippen LogP contribution in [0, 0.1) is 0 Å². The standard InChI is InChI=1S/C15H22N2O3/c1-2-3-10-16-14(18)9-11-17-15(19)20-12-13-7-5-4-6-8-13/h4-8H,2-3,9-12H2,1H3,(H,16,18)(H,17,19). The number of unbranched alkanes of at least 4 members (excludes halogenated alkanes) is 1. The fourth-order valence-corrected chi connectivity index (χ4v) is 1.55. The van der Waals surface area contributed by atoms with Gasteiger partial charge in [-0.05, 0) is 12.0 Å². The van der Waals surface area contributed by atoms with Gasteiger partial charge in [0.15, 0.2) is 0 Å². The van der Waals surface area contributed by atoms with Crippen LogP contribution in [0.25, 0.3) is 0 Å². The lowest BCUT2D eigenvalue weighted by Gasteiger charge is -2.07. The van der Waals surface area contributed by atoms with Gasteiger partial charge < -0.3 is 15.4 Å². The summed E-state index contributed by atoms with van der Waals surface area (Å²) < 4.78 is 5.03. The van der Waals surface area contributed by atoms with Gasteiger partial charge in [0.1, 0.15) is 6.61 Å². The monoisotopic (exact) mass is 278 g/mol. The molecule has 2 amide bonds. The first-order chi connectivity index (χ1) is 9.72. The number of alkyl carbamates (subject to hydrolysis) is 1. The Morgan fingerprint density at radius 2 is 1.85 bits per heavy atom. The molecule has 1 aromatic rings. The number of benzene rings is 1. The van der Waals surface area contributed by atoms with Crippen LogP contribution in [0.4, 0.5) is 4.79 Å². The van der Waals surface area contributed by atoms with E-state index in [1.165, 1.54) is 0 Å². The molecule has 0 aliphatic carbocycles. The lowest BCUT2D eigenvalue weighted by atomic mass is 10.2. The highest BCUT2D eigenvalue weighted by molar-refractivity contribution is 5.76. The first kappa shape index (κ1) is 16.0. The topological polar surface area (TPSA) is 67.4 Å². The highest BCUT2D eigenvalue weighted by Crippen LogP contribution is 2.00. The molecule has 0 aliphatic rings. The Balaban J connectivity index is 2.07. The Morgan fingerprint density at radius 3 is 2.55 bits per heavy atom. The van der Waals surface area contributed by atoms with Crippen molar-refractivity contribution in [2.24, 2.45) is 0 Å². The average molecular weight is 278 g/mol. The summed E-state index contributed by atoms with van der Waals surface area (Å²) in [6.07, 6.45) is 1.78. The van der Waals surface area contributed by atoms with Crippen molar-refractivity contribution in [3.63, 3.8) is 0 Å². The van der Waals surface area contributed by atoms with Gasteiger partial charge in [-0.3, -0.25) is 4.79 Å². The number of hydrogen-bond acceptors (Lipinski definition) is 3. The first-order valence-electron chi connectivity index (χ1n) is 6.93. The molecule has 1 rings (SSSR count). The van der Waals surface area contributed by atoms with Crippen molar-refractivity contribution >= 4 is 12.0 Å². The van der Waals surface area contributed by atoms with Gasteiger partial charge in [-0.2, -0.15) is 0 Å². The number of nitrogens with one attached hydrogen (secondary N) is 2. The van der Waals surface area contributed by atoms with E-state index in [2.05, 4.69) is 17.6 Å². The minimum Gasteiger partial charge on any atom is -0.445 e. The van der Waals surface area contributed by atoms with E-state index in [0.29, 0.717) is 6.54 Å². The molecular weight excluding hydrogens is 256 g/mol. The molecule has 0 saturated heterocycles. The van der Waals surface area contributed by atoms with Gasteiger partial charge in [-0.15, -0.1) is 0 Å². The van der Waals surface area contributed by atoms with E-state index in [0.717, 1.165) is 18.4 Å². The highest BCUT2D eigenvalue weighted by Gasteiger charge is 2.04. The molecule has 1 aromatic carbocycles. The summed E-state index contributed by atoms with van der Waals surface area (Å²) in [7, 11) is 0. The second kappa shape index (κ2) is 9.83. The fraction of sp³-hybridized carbons (Fsp3) is 0.467. The minimum atomic E-state index is -0.504. The zero-order chi connectivity index (χ0) is 14.6. The van der Waals surface area contributed by atoms with Crippen LogP contribution >= 0.6 is 0 Å². The molecule has 2 N–H and O–H groups in total. The number of amides is 2. The molecular formula is C15H22N2O3. The highest BCUT2D eigenvalue weighted by atomic mass is 16.5. The third-order valence-electron chi connectivity index (χ3n) is 2.69. The van der Waals surface area contributed by atoms with Crippen molar-refractivity contribution in [2.45, 2.75) is 32.8 Å². The van der Waals surface area contributed by atoms with Crippen LogP contribution in [0.2, 0.25) is 0 Å². The Hall–Kier alpha value is -2.04. The van der Waals surface area contributed by atoms with E-state index in [1.807, 2.05) is 30.3 Å². The first-order valence-corrected chi connectivity index (χ1v) is 6.93. The quantitative estimate of drug-likeness (QED) is 0.716.